The Morgan fingerprint density at radius 3 is 2.69 bits per heavy atom. The molecule has 4 nitrogen and oxygen atoms in total. The molecule has 1 aromatic carbocycles. The molecule has 1 rings (SSSR count). The minimum Gasteiger partial charge on any atom is -0.478 e. The van der Waals surface area contributed by atoms with Crippen LogP contribution >= 0.6 is 0 Å². The van der Waals surface area contributed by atoms with E-state index in [0.29, 0.717) is 5.69 Å². The molecule has 0 saturated heterocycles. The van der Waals surface area contributed by atoms with Gasteiger partial charge in [-0.1, -0.05) is 19.9 Å². The lowest BCUT2D eigenvalue weighted by Crippen LogP contribution is -2.19. The number of nitrogens with one attached hydrogen (secondary N) is 1. The van der Waals surface area contributed by atoms with Crippen LogP contribution in [0.4, 0.5) is 5.69 Å². The number of carbonyl (C=O) groups excluding carboxylic acids is 1. The number of hydrogen-bond acceptors (Lipinski definition) is 2. The van der Waals surface area contributed by atoms with Gasteiger partial charge >= 0.3 is 5.97 Å². The van der Waals surface area contributed by atoms with Crippen LogP contribution in [0.5, 0.6) is 0 Å². The highest BCUT2D eigenvalue weighted by Crippen LogP contribution is 2.12. The monoisotopic (exact) mass is 221 g/mol. The quantitative estimate of drug-likeness (QED) is 0.820. The summed E-state index contributed by atoms with van der Waals surface area (Å²) >= 11 is 0. The van der Waals surface area contributed by atoms with Crippen molar-refractivity contribution in [3.63, 3.8) is 0 Å². The van der Waals surface area contributed by atoms with Crippen LogP contribution in [-0.2, 0) is 4.79 Å². The molecule has 86 valence electrons. The Kier molecular flexibility index (Phi) is 4.05. The van der Waals surface area contributed by atoms with E-state index in [4.69, 9.17) is 5.11 Å². The maximum Gasteiger partial charge on any atom is 0.335 e. The average molecular weight is 221 g/mol. The molecule has 0 aliphatic rings. The van der Waals surface area contributed by atoms with Gasteiger partial charge in [-0.2, -0.15) is 0 Å². The van der Waals surface area contributed by atoms with E-state index in [0.717, 1.165) is 6.42 Å². The standard InChI is InChI=1S/C12H15NO3/c1-3-8(2)11(14)13-10-6-4-5-9(7-10)12(15)16/h4-8H,3H2,1-2H3,(H,13,14)(H,15,16). The summed E-state index contributed by atoms with van der Waals surface area (Å²) in [5.41, 5.74) is 0.687. The van der Waals surface area contributed by atoms with Crippen molar-refractivity contribution in [2.24, 2.45) is 5.92 Å². The highest BCUT2D eigenvalue weighted by molar-refractivity contribution is 5.94. The van der Waals surface area contributed by atoms with Crippen LogP contribution in [0, 0.1) is 5.92 Å². The number of carbonyl (C=O) groups is 2. The lowest BCUT2D eigenvalue weighted by molar-refractivity contribution is -0.119. The first-order valence-corrected chi connectivity index (χ1v) is 5.18. The van der Waals surface area contributed by atoms with Gasteiger partial charge in [0.05, 0.1) is 5.56 Å². The van der Waals surface area contributed by atoms with Crippen LogP contribution in [0.15, 0.2) is 24.3 Å². The fraction of sp³-hybridized carbons (Fsp3) is 0.333. The van der Waals surface area contributed by atoms with E-state index in [1.807, 2.05) is 13.8 Å². The van der Waals surface area contributed by atoms with Gasteiger partial charge in [0.15, 0.2) is 0 Å². The second-order valence-corrected chi connectivity index (χ2v) is 3.68. The zero-order valence-corrected chi connectivity index (χ0v) is 9.36. The van der Waals surface area contributed by atoms with Gasteiger partial charge in [-0.05, 0) is 24.6 Å². The van der Waals surface area contributed by atoms with Gasteiger partial charge in [0.25, 0.3) is 0 Å². The largest absolute Gasteiger partial charge is 0.478 e. The molecule has 0 fully saturated rings. The third-order valence-corrected chi connectivity index (χ3v) is 2.44. The van der Waals surface area contributed by atoms with Gasteiger partial charge in [0.1, 0.15) is 0 Å². The van der Waals surface area contributed by atoms with E-state index >= 15 is 0 Å². The first-order valence-electron chi connectivity index (χ1n) is 5.18. The molecular formula is C12H15NO3. The third kappa shape index (κ3) is 3.08. The van der Waals surface area contributed by atoms with Crippen molar-refractivity contribution in [2.45, 2.75) is 20.3 Å². The van der Waals surface area contributed by atoms with E-state index in [2.05, 4.69) is 5.32 Å². The van der Waals surface area contributed by atoms with E-state index in [1.165, 1.54) is 12.1 Å². The molecule has 0 aliphatic carbocycles. The lowest BCUT2D eigenvalue weighted by Gasteiger charge is -2.10. The summed E-state index contributed by atoms with van der Waals surface area (Å²) in [5.74, 6) is -1.17. The topological polar surface area (TPSA) is 66.4 Å². The summed E-state index contributed by atoms with van der Waals surface area (Å²) in [6, 6.07) is 6.21. The Morgan fingerprint density at radius 2 is 2.12 bits per heavy atom. The summed E-state index contributed by atoms with van der Waals surface area (Å²) in [6.07, 6.45) is 0.754. The summed E-state index contributed by atoms with van der Waals surface area (Å²) in [6.45, 7) is 3.76. The fourth-order valence-corrected chi connectivity index (χ4v) is 1.18. The van der Waals surface area contributed by atoms with Crippen LogP contribution < -0.4 is 5.32 Å². The second-order valence-electron chi connectivity index (χ2n) is 3.68. The number of benzene rings is 1. The van der Waals surface area contributed by atoms with E-state index in [9.17, 15) is 9.59 Å². The van der Waals surface area contributed by atoms with Crippen molar-refractivity contribution in [2.75, 3.05) is 5.32 Å². The lowest BCUT2D eigenvalue weighted by atomic mass is 10.1. The van der Waals surface area contributed by atoms with Crippen LogP contribution in [0.2, 0.25) is 0 Å². The predicted molar refractivity (Wildman–Crippen MR) is 61.5 cm³/mol. The Morgan fingerprint density at radius 1 is 1.44 bits per heavy atom. The molecule has 16 heavy (non-hydrogen) atoms. The molecule has 1 amide bonds. The Bertz CT molecular complexity index is 401. The number of amides is 1. The SMILES string of the molecule is CCC(C)C(=O)Nc1cccc(C(=O)O)c1. The molecule has 0 bridgehead atoms. The molecule has 1 atom stereocenters. The van der Waals surface area contributed by atoms with Crippen LogP contribution in [0.1, 0.15) is 30.6 Å². The first-order chi connectivity index (χ1) is 7.54. The molecular weight excluding hydrogens is 206 g/mol. The van der Waals surface area contributed by atoms with Gasteiger partial charge in [0, 0.05) is 11.6 Å². The van der Waals surface area contributed by atoms with Crippen molar-refractivity contribution >= 4 is 17.6 Å². The summed E-state index contributed by atoms with van der Waals surface area (Å²) in [7, 11) is 0. The molecule has 0 heterocycles. The molecule has 0 aromatic heterocycles. The van der Waals surface area contributed by atoms with Crippen LogP contribution in [0.3, 0.4) is 0 Å². The minimum absolute atomic E-state index is 0.0755. The second kappa shape index (κ2) is 5.30. The van der Waals surface area contributed by atoms with Crippen molar-refractivity contribution in [3.8, 4) is 0 Å². The number of anilines is 1. The summed E-state index contributed by atoms with van der Waals surface area (Å²) in [5, 5.41) is 11.5. The van der Waals surface area contributed by atoms with Gasteiger partial charge in [-0.25, -0.2) is 4.79 Å². The molecule has 0 radical (unpaired) electrons. The summed E-state index contributed by atoms with van der Waals surface area (Å²) in [4.78, 5) is 22.3. The van der Waals surface area contributed by atoms with E-state index in [-0.39, 0.29) is 17.4 Å². The minimum atomic E-state index is -1.00. The van der Waals surface area contributed by atoms with Gasteiger partial charge in [-0.15, -0.1) is 0 Å². The number of carboxylic acids is 1. The van der Waals surface area contributed by atoms with E-state index in [1.54, 1.807) is 12.1 Å². The van der Waals surface area contributed by atoms with Crippen LogP contribution in [0.25, 0.3) is 0 Å². The number of rotatable bonds is 4. The van der Waals surface area contributed by atoms with Gasteiger partial charge < -0.3 is 10.4 Å². The number of carboxylic acid groups (broad SMARTS) is 1. The number of aromatic carboxylic acids is 1. The van der Waals surface area contributed by atoms with E-state index < -0.39 is 5.97 Å². The highest BCUT2D eigenvalue weighted by atomic mass is 16.4. The first kappa shape index (κ1) is 12.2. The zero-order chi connectivity index (χ0) is 12.1. The number of hydrogen-bond donors (Lipinski definition) is 2. The Hall–Kier alpha value is -1.84. The van der Waals surface area contributed by atoms with Crippen molar-refractivity contribution in [3.05, 3.63) is 29.8 Å². The molecule has 2 N–H and O–H groups in total. The van der Waals surface area contributed by atoms with Crippen molar-refractivity contribution in [1.82, 2.24) is 0 Å². The molecule has 0 spiro atoms. The zero-order valence-electron chi connectivity index (χ0n) is 9.36. The van der Waals surface area contributed by atoms with Crippen LogP contribution in [-0.4, -0.2) is 17.0 Å². The van der Waals surface area contributed by atoms with Crippen molar-refractivity contribution < 1.29 is 14.7 Å². The molecule has 0 saturated carbocycles. The fourth-order valence-electron chi connectivity index (χ4n) is 1.18. The molecule has 0 aliphatic heterocycles. The molecule has 4 heteroatoms. The van der Waals surface area contributed by atoms with Gasteiger partial charge in [-0.3, -0.25) is 4.79 Å². The molecule has 1 unspecified atom stereocenters. The van der Waals surface area contributed by atoms with Crippen molar-refractivity contribution in [1.29, 1.82) is 0 Å². The smallest absolute Gasteiger partial charge is 0.335 e. The molecule has 1 aromatic rings. The highest BCUT2D eigenvalue weighted by Gasteiger charge is 2.11. The average Bonchev–Trinajstić information content (AvgIpc) is 2.28. The maximum atomic E-state index is 11.6. The Balaban J connectivity index is 2.78. The summed E-state index contributed by atoms with van der Waals surface area (Å²) < 4.78 is 0. The normalized spacial score (nSPS) is 11.9. The Labute approximate surface area is 94.3 Å². The predicted octanol–water partition coefficient (Wildman–Crippen LogP) is 2.37. The maximum absolute atomic E-state index is 11.6. The van der Waals surface area contributed by atoms with Gasteiger partial charge in [0.2, 0.25) is 5.91 Å². The third-order valence-electron chi connectivity index (χ3n) is 2.44.